The number of carbonyl (C=O) groups is 1. The predicted octanol–water partition coefficient (Wildman–Crippen LogP) is 4.95. The standard InChI is InChI=1S/C24H28N4O3S/c1-6-11-27-23(22-13-30-20-9-7-8-10-21(20)31-22)25-26-24(27)32-14-19(29)18-12-16(4)28(15(2)3)17(18)5/h6-10,12,15,22H,1,11,13-14H2,2-5H3. The van der Waals surface area contributed by atoms with Crippen LogP contribution < -0.4 is 9.47 Å². The summed E-state index contributed by atoms with van der Waals surface area (Å²) in [6.07, 6.45) is 1.40. The molecular weight excluding hydrogens is 424 g/mol. The van der Waals surface area contributed by atoms with Crippen molar-refractivity contribution in [1.82, 2.24) is 19.3 Å². The minimum absolute atomic E-state index is 0.0795. The fourth-order valence-corrected chi connectivity index (χ4v) is 4.99. The van der Waals surface area contributed by atoms with Gasteiger partial charge in [-0.2, -0.15) is 0 Å². The molecule has 1 atom stereocenters. The molecule has 168 valence electrons. The third kappa shape index (κ3) is 4.19. The van der Waals surface area contributed by atoms with E-state index in [4.69, 9.17) is 9.47 Å². The van der Waals surface area contributed by atoms with Crippen molar-refractivity contribution in [1.29, 1.82) is 0 Å². The topological polar surface area (TPSA) is 71.2 Å². The number of hydrogen-bond donors (Lipinski definition) is 0. The lowest BCUT2D eigenvalue weighted by Gasteiger charge is -2.26. The second-order valence-corrected chi connectivity index (χ2v) is 9.01. The maximum Gasteiger partial charge on any atom is 0.192 e. The average Bonchev–Trinajstić information content (AvgIpc) is 3.31. The monoisotopic (exact) mass is 452 g/mol. The number of allylic oxidation sites excluding steroid dienone is 1. The van der Waals surface area contributed by atoms with E-state index >= 15 is 0 Å². The Bertz CT molecular complexity index is 1150. The number of carbonyl (C=O) groups excluding carboxylic acids is 1. The van der Waals surface area contributed by atoms with Gasteiger partial charge in [-0.1, -0.05) is 30.0 Å². The van der Waals surface area contributed by atoms with Crippen LogP contribution in [0.4, 0.5) is 0 Å². The fourth-order valence-electron chi connectivity index (χ4n) is 4.15. The maximum atomic E-state index is 13.0. The van der Waals surface area contributed by atoms with Crippen LogP contribution in [-0.2, 0) is 6.54 Å². The molecule has 0 bridgehead atoms. The minimum atomic E-state index is -0.382. The average molecular weight is 453 g/mol. The Kier molecular flexibility index (Phi) is 6.41. The van der Waals surface area contributed by atoms with Gasteiger partial charge in [0, 0.05) is 29.5 Å². The van der Waals surface area contributed by atoms with Crippen LogP contribution in [0.3, 0.4) is 0 Å². The van der Waals surface area contributed by atoms with Gasteiger partial charge in [0.15, 0.2) is 34.4 Å². The van der Waals surface area contributed by atoms with E-state index in [1.54, 1.807) is 6.08 Å². The van der Waals surface area contributed by atoms with Gasteiger partial charge in [-0.05, 0) is 45.9 Å². The number of aromatic nitrogens is 4. The van der Waals surface area contributed by atoms with E-state index in [-0.39, 0.29) is 17.6 Å². The number of Topliss-reactive ketones (excluding diaryl/α,β-unsaturated/α-hetero) is 1. The van der Waals surface area contributed by atoms with Gasteiger partial charge < -0.3 is 14.0 Å². The molecule has 0 amide bonds. The Balaban J connectivity index is 1.52. The Morgan fingerprint density at radius 3 is 2.72 bits per heavy atom. The van der Waals surface area contributed by atoms with Gasteiger partial charge in [0.25, 0.3) is 0 Å². The molecule has 7 nitrogen and oxygen atoms in total. The van der Waals surface area contributed by atoms with Crippen LogP contribution in [0.2, 0.25) is 0 Å². The molecule has 1 aliphatic rings. The van der Waals surface area contributed by atoms with Gasteiger partial charge in [0.05, 0.1) is 5.75 Å². The van der Waals surface area contributed by atoms with Crippen molar-refractivity contribution in [3.8, 4) is 11.5 Å². The van der Waals surface area contributed by atoms with E-state index in [9.17, 15) is 4.79 Å². The molecule has 8 heteroatoms. The second-order valence-electron chi connectivity index (χ2n) is 8.06. The summed E-state index contributed by atoms with van der Waals surface area (Å²) < 4.78 is 16.1. The van der Waals surface area contributed by atoms with E-state index in [1.807, 2.05) is 48.7 Å². The highest BCUT2D eigenvalue weighted by Gasteiger charge is 2.28. The molecule has 0 aliphatic carbocycles. The maximum absolute atomic E-state index is 13.0. The lowest BCUT2D eigenvalue weighted by molar-refractivity contribution is 0.0821. The van der Waals surface area contributed by atoms with Gasteiger partial charge in [0.2, 0.25) is 0 Å². The van der Waals surface area contributed by atoms with E-state index in [0.717, 1.165) is 22.7 Å². The number of hydrogen-bond acceptors (Lipinski definition) is 6. The van der Waals surface area contributed by atoms with E-state index in [0.29, 0.717) is 35.9 Å². The molecule has 0 saturated carbocycles. The van der Waals surface area contributed by atoms with Crippen molar-refractivity contribution in [2.75, 3.05) is 12.4 Å². The zero-order valence-electron chi connectivity index (χ0n) is 18.9. The Morgan fingerprint density at radius 1 is 1.28 bits per heavy atom. The normalized spacial score (nSPS) is 15.2. The number of aryl methyl sites for hydroxylation is 1. The first-order chi connectivity index (χ1) is 15.4. The van der Waals surface area contributed by atoms with Gasteiger partial charge in [-0.3, -0.25) is 9.36 Å². The van der Waals surface area contributed by atoms with Crippen molar-refractivity contribution >= 4 is 17.5 Å². The van der Waals surface area contributed by atoms with Crippen molar-refractivity contribution in [3.05, 3.63) is 65.8 Å². The van der Waals surface area contributed by atoms with Gasteiger partial charge in [-0.25, -0.2) is 0 Å². The number of fused-ring (bicyclic) bond motifs is 1. The highest BCUT2D eigenvalue weighted by Crippen LogP contribution is 2.36. The van der Waals surface area contributed by atoms with Crippen molar-refractivity contribution in [2.24, 2.45) is 0 Å². The summed E-state index contributed by atoms with van der Waals surface area (Å²) in [5.74, 6) is 2.42. The van der Waals surface area contributed by atoms with Crippen molar-refractivity contribution in [2.45, 2.75) is 51.5 Å². The van der Waals surface area contributed by atoms with Crippen molar-refractivity contribution in [3.63, 3.8) is 0 Å². The molecule has 0 radical (unpaired) electrons. The third-order valence-electron chi connectivity index (χ3n) is 5.49. The summed E-state index contributed by atoms with van der Waals surface area (Å²) in [6, 6.07) is 9.85. The predicted molar refractivity (Wildman–Crippen MR) is 125 cm³/mol. The molecule has 0 fully saturated rings. The molecule has 3 heterocycles. The number of para-hydroxylation sites is 2. The smallest absolute Gasteiger partial charge is 0.192 e. The molecular formula is C24H28N4O3S. The highest BCUT2D eigenvalue weighted by molar-refractivity contribution is 7.99. The van der Waals surface area contributed by atoms with Gasteiger partial charge in [-0.15, -0.1) is 16.8 Å². The van der Waals surface area contributed by atoms with Crippen LogP contribution in [-0.4, -0.2) is 37.5 Å². The molecule has 0 saturated heterocycles. The molecule has 0 spiro atoms. The van der Waals surface area contributed by atoms with E-state index in [2.05, 4.69) is 35.2 Å². The van der Waals surface area contributed by atoms with Crippen LogP contribution >= 0.6 is 11.8 Å². The van der Waals surface area contributed by atoms with E-state index < -0.39 is 0 Å². The summed E-state index contributed by atoms with van der Waals surface area (Å²) >= 11 is 1.38. The molecule has 0 N–H and O–H groups in total. The molecule has 2 aromatic heterocycles. The summed E-state index contributed by atoms with van der Waals surface area (Å²) in [4.78, 5) is 13.0. The molecule has 3 aromatic rings. The summed E-state index contributed by atoms with van der Waals surface area (Å²) in [6.45, 7) is 13.0. The fraction of sp³-hybridized carbons (Fsp3) is 0.375. The molecule has 1 aliphatic heterocycles. The minimum Gasteiger partial charge on any atom is -0.485 e. The summed E-state index contributed by atoms with van der Waals surface area (Å²) in [7, 11) is 0. The zero-order valence-corrected chi connectivity index (χ0v) is 19.7. The zero-order chi connectivity index (χ0) is 22.8. The van der Waals surface area contributed by atoms with Crippen LogP contribution in [0.5, 0.6) is 11.5 Å². The first-order valence-corrected chi connectivity index (χ1v) is 11.7. The Hall–Kier alpha value is -3.00. The summed E-state index contributed by atoms with van der Waals surface area (Å²) in [5.41, 5.74) is 2.86. The third-order valence-corrected chi connectivity index (χ3v) is 6.45. The van der Waals surface area contributed by atoms with E-state index in [1.165, 1.54) is 11.8 Å². The number of thioether (sulfide) groups is 1. The first-order valence-electron chi connectivity index (χ1n) is 10.7. The lowest BCUT2D eigenvalue weighted by Crippen LogP contribution is -2.25. The molecule has 4 rings (SSSR count). The first kappa shape index (κ1) is 22.2. The lowest BCUT2D eigenvalue weighted by atomic mass is 10.2. The number of benzene rings is 1. The second kappa shape index (κ2) is 9.24. The quantitative estimate of drug-likeness (QED) is 0.274. The molecule has 32 heavy (non-hydrogen) atoms. The number of ketones is 1. The Morgan fingerprint density at radius 2 is 2.03 bits per heavy atom. The van der Waals surface area contributed by atoms with Crippen LogP contribution in [0.25, 0.3) is 0 Å². The number of nitrogens with zero attached hydrogens (tertiary/aromatic N) is 4. The number of rotatable bonds is 8. The summed E-state index contributed by atoms with van der Waals surface area (Å²) in [5, 5.41) is 9.37. The largest absolute Gasteiger partial charge is 0.485 e. The Labute approximate surface area is 192 Å². The number of ether oxygens (including phenoxy) is 2. The van der Waals surface area contributed by atoms with Gasteiger partial charge >= 0.3 is 0 Å². The highest BCUT2D eigenvalue weighted by atomic mass is 32.2. The van der Waals surface area contributed by atoms with Crippen LogP contribution in [0.15, 0.2) is 48.1 Å². The molecule has 1 unspecified atom stereocenters. The van der Waals surface area contributed by atoms with Crippen LogP contribution in [0.1, 0.15) is 53.6 Å². The SMILES string of the molecule is C=CCn1c(SCC(=O)c2cc(C)n(C(C)C)c2C)nnc1C1COc2ccccc2O1. The van der Waals surface area contributed by atoms with Crippen LogP contribution in [0, 0.1) is 13.8 Å². The van der Waals surface area contributed by atoms with Crippen molar-refractivity contribution < 1.29 is 14.3 Å². The van der Waals surface area contributed by atoms with Gasteiger partial charge in [0.1, 0.15) is 6.61 Å². The molecule has 1 aromatic carbocycles.